The summed E-state index contributed by atoms with van der Waals surface area (Å²) in [5.74, 6) is 1.93. The third kappa shape index (κ3) is 3.38. The highest BCUT2D eigenvalue weighted by atomic mass is 35.5. The van der Waals surface area contributed by atoms with E-state index in [1.165, 1.54) is 12.8 Å². The van der Waals surface area contributed by atoms with Crippen molar-refractivity contribution in [3.8, 4) is 22.9 Å². The molecule has 2 N–H and O–H groups in total. The van der Waals surface area contributed by atoms with Gasteiger partial charge in [-0.15, -0.1) is 0 Å². The van der Waals surface area contributed by atoms with E-state index in [-0.39, 0.29) is 0 Å². The second-order valence-electron chi connectivity index (χ2n) is 6.30. The number of halogens is 1. The normalized spacial score (nSPS) is 13.9. The lowest BCUT2D eigenvalue weighted by atomic mass is 10.1. The quantitative estimate of drug-likeness (QED) is 0.743. The fraction of sp³-hybridized carbons (Fsp3) is 0.263. The van der Waals surface area contributed by atoms with Crippen molar-refractivity contribution in [3.63, 3.8) is 0 Å². The molecule has 128 valence electrons. The number of ether oxygens (including phenoxy) is 1. The monoisotopic (exact) mass is 354 g/mol. The molecule has 6 heteroatoms. The highest BCUT2D eigenvalue weighted by molar-refractivity contribution is 6.30. The van der Waals surface area contributed by atoms with Crippen molar-refractivity contribution in [2.45, 2.75) is 25.3 Å². The molecule has 2 aromatic heterocycles. The maximum absolute atomic E-state index is 6.18. The molecule has 0 aliphatic heterocycles. The molecule has 0 saturated heterocycles. The summed E-state index contributed by atoms with van der Waals surface area (Å²) in [4.78, 5) is 4.49. The van der Waals surface area contributed by atoms with Crippen molar-refractivity contribution in [1.82, 2.24) is 14.8 Å². The van der Waals surface area contributed by atoms with Crippen LogP contribution in [0.25, 0.3) is 11.3 Å². The molecule has 2 heterocycles. The molecule has 1 saturated carbocycles. The molecule has 4 rings (SSSR count). The number of benzene rings is 1. The van der Waals surface area contributed by atoms with Crippen LogP contribution in [0.2, 0.25) is 5.02 Å². The van der Waals surface area contributed by atoms with Crippen LogP contribution in [0.1, 0.15) is 30.0 Å². The summed E-state index contributed by atoms with van der Waals surface area (Å²) in [6.07, 6.45) is 4.19. The minimum absolute atomic E-state index is 0.468. The Morgan fingerprint density at radius 3 is 2.76 bits per heavy atom. The lowest BCUT2D eigenvalue weighted by Gasteiger charge is -2.11. The van der Waals surface area contributed by atoms with Crippen LogP contribution in [-0.2, 0) is 13.6 Å². The Hall–Kier alpha value is -2.37. The largest absolute Gasteiger partial charge is 0.439 e. The second kappa shape index (κ2) is 6.50. The number of pyridine rings is 1. The fourth-order valence-electron chi connectivity index (χ4n) is 2.75. The number of hydrogen-bond donors (Lipinski definition) is 1. The van der Waals surface area contributed by atoms with Gasteiger partial charge in [0, 0.05) is 48.4 Å². The zero-order valence-electron chi connectivity index (χ0n) is 13.9. The van der Waals surface area contributed by atoms with E-state index in [0.717, 1.165) is 22.5 Å². The van der Waals surface area contributed by atoms with Crippen molar-refractivity contribution in [1.29, 1.82) is 0 Å². The smallest absolute Gasteiger partial charge is 0.217 e. The highest BCUT2D eigenvalue weighted by Gasteiger charge is 2.27. The summed E-state index contributed by atoms with van der Waals surface area (Å²) in [5, 5.41) is 5.16. The number of nitrogens with two attached hydrogens (primary N) is 1. The van der Waals surface area contributed by atoms with Gasteiger partial charge in [-0.05, 0) is 36.6 Å². The fourth-order valence-corrected chi connectivity index (χ4v) is 2.92. The van der Waals surface area contributed by atoms with Crippen LogP contribution >= 0.6 is 11.6 Å². The lowest BCUT2D eigenvalue weighted by molar-refractivity contribution is 0.432. The van der Waals surface area contributed by atoms with Crippen LogP contribution in [-0.4, -0.2) is 14.8 Å². The molecule has 1 aliphatic rings. The molecule has 1 fully saturated rings. The van der Waals surface area contributed by atoms with E-state index in [2.05, 4.69) is 10.1 Å². The minimum Gasteiger partial charge on any atom is -0.439 e. The first-order valence-electron chi connectivity index (χ1n) is 8.31. The summed E-state index contributed by atoms with van der Waals surface area (Å²) in [6.45, 7) is 0.468. The average molecular weight is 355 g/mol. The van der Waals surface area contributed by atoms with Gasteiger partial charge in [-0.2, -0.15) is 5.10 Å². The number of aryl methyl sites for hydroxylation is 1. The maximum atomic E-state index is 6.18. The van der Waals surface area contributed by atoms with E-state index in [1.54, 1.807) is 16.9 Å². The number of rotatable bonds is 5. The van der Waals surface area contributed by atoms with Crippen LogP contribution in [0, 0.1) is 0 Å². The summed E-state index contributed by atoms with van der Waals surface area (Å²) in [5.41, 5.74) is 9.41. The third-order valence-electron chi connectivity index (χ3n) is 4.35. The van der Waals surface area contributed by atoms with Crippen LogP contribution in [0.15, 0.2) is 42.6 Å². The summed E-state index contributed by atoms with van der Waals surface area (Å²) >= 11 is 6.18. The van der Waals surface area contributed by atoms with Crippen molar-refractivity contribution in [2.75, 3.05) is 0 Å². The number of nitrogens with zero attached hydrogens (tertiary/aromatic N) is 3. The topological polar surface area (TPSA) is 66.0 Å². The van der Waals surface area contributed by atoms with Crippen molar-refractivity contribution in [2.24, 2.45) is 12.8 Å². The van der Waals surface area contributed by atoms with Gasteiger partial charge in [-0.1, -0.05) is 17.7 Å². The Balaban J connectivity index is 1.69. The highest BCUT2D eigenvalue weighted by Crippen LogP contribution is 2.41. The van der Waals surface area contributed by atoms with Gasteiger partial charge in [0.1, 0.15) is 5.75 Å². The van der Waals surface area contributed by atoms with Crippen LogP contribution in [0.3, 0.4) is 0 Å². The standard InChI is InChI=1S/C19H19ClN4O/c1-24-19(9-17(23-24)13-3-4-13)25-18-8-14(20)5-6-15(18)16-7-2-12(10-21)11-22-16/h2,5-9,11,13H,3-4,10,21H2,1H3. The van der Waals surface area contributed by atoms with E-state index in [4.69, 9.17) is 22.1 Å². The first-order chi connectivity index (χ1) is 12.1. The molecule has 25 heavy (non-hydrogen) atoms. The van der Waals surface area contributed by atoms with Crippen molar-refractivity contribution in [3.05, 3.63) is 58.9 Å². The van der Waals surface area contributed by atoms with Crippen LogP contribution < -0.4 is 10.5 Å². The van der Waals surface area contributed by atoms with E-state index in [0.29, 0.717) is 29.1 Å². The van der Waals surface area contributed by atoms with Crippen LogP contribution in [0.5, 0.6) is 11.6 Å². The van der Waals surface area contributed by atoms with Gasteiger partial charge in [-0.25, -0.2) is 4.68 Å². The zero-order valence-corrected chi connectivity index (χ0v) is 14.7. The molecule has 0 amide bonds. The minimum atomic E-state index is 0.468. The molecule has 5 nitrogen and oxygen atoms in total. The summed E-state index contributed by atoms with van der Waals surface area (Å²) in [7, 11) is 1.89. The van der Waals surface area contributed by atoms with Gasteiger partial charge >= 0.3 is 0 Å². The Labute approximate surface area is 151 Å². The second-order valence-corrected chi connectivity index (χ2v) is 6.74. The van der Waals surface area contributed by atoms with Crippen LogP contribution in [0.4, 0.5) is 0 Å². The molecule has 0 unspecified atom stereocenters. The molecule has 0 atom stereocenters. The molecule has 1 aromatic carbocycles. The van der Waals surface area contributed by atoms with Gasteiger partial charge in [-0.3, -0.25) is 4.98 Å². The Morgan fingerprint density at radius 1 is 1.24 bits per heavy atom. The first kappa shape index (κ1) is 16.1. The Kier molecular flexibility index (Phi) is 4.19. The molecular weight excluding hydrogens is 336 g/mol. The van der Waals surface area contributed by atoms with Gasteiger partial charge in [0.2, 0.25) is 5.88 Å². The molecule has 1 aliphatic carbocycles. The molecule has 0 spiro atoms. The molecule has 0 radical (unpaired) electrons. The van der Waals surface area contributed by atoms with E-state index in [9.17, 15) is 0 Å². The van der Waals surface area contributed by atoms with Gasteiger partial charge in [0.15, 0.2) is 0 Å². The predicted octanol–water partition coefficient (Wildman–Crippen LogP) is 4.26. The van der Waals surface area contributed by atoms with E-state index < -0.39 is 0 Å². The van der Waals surface area contributed by atoms with Crippen molar-refractivity contribution >= 4 is 11.6 Å². The average Bonchev–Trinajstić information content (AvgIpc) is 3.40. The summed E-state index contributed by atoms with van der Waals surface area (Å²) < 4.78 is 7.91. The molecule has 0 bridgehead atoms. The van der Waals surface area contributed by atoms with Gasteiger partial charge < -0.3 is 10.5 Å². The Morgan fingerprint density at radius 2 is 2.08 bits per heavy atom. The third-order valence-corrected chi connectivity index (χ3v) is 4.58. The molecule has 3 aromatic rings. The summed E-state index contributed by atoms with van der Waals surface area (Å²) in [6, 6.07) is 11.5. The predicted molar refractivity (Wildman–Crippen MR) is 97.8 cm³/mol. The number of aromatic nitrogens is 3. The SMILES string of the molecule is Cn1nc(C2CC2)cc1Oc1cc(Cl)ccc1-c1ccc(CN)cn1. The zero-order chi connectivity index (χ0) is 17.4. The first-order valence-corrected chi connectivity index (χ1v) is 8.68. The maximum Gasteiger partial charge on any atom is 0.217 e. The van der Waals surface area contributed by atoms with E-state index >= 15 is 0 Å². The van der Waals surface area contributed by atoms with Gasteiger partial charge in [0.05, 0.1) is 11.4 Å². The van der Waals surface area contributed by atoms with Gasteiger partial charge in [0.25, 0.3) is 0 Å². The van der Waals surface area contributed by atoms with E-state index in [1.807, 2.05) is 37.4 Å². The number of hydrogen-bond acceptors (Lipinski definition) is 4. The van der Waals surface area contributed by atoms with Crippen molar-refractivity contribution < 1.29 is 4.74 Å². The lowest BCUT2D eigenvalue weighted by Crippen LogP contribution is -1.98. The Bertz CT molecular complexity index is 900. The molecular formula is C19H19ClN4O.